The fourth-order valence-corrected chi connectivity index (χ4v) is 2.97. The summed E-state index contributed by atoms with van der Waals surface area (Å²) in [5.74, 6) is -0.824. The van der Waals surface area contributed by atoms with Crippen LogP contribution >= 0.6 is 0 Å². The molecule has 3 N–H and O–H groups in total. The summed E-state index contributed by atoms with van der Waals surface area (Å²) in [7, 11) is 1.60. The molecule has 26 heavy (non-hydrogen) atoms. The van der Waals surface area contributed by atoms with E-state index in [1.54, 1.807) is 31.5 Å². The molecule has 6 heteroatoms. The number of carbonyl (C=O) groups is 1. The number of para-hydroxylation sites is 1. The number of ether oxygens (including phenoxy) is 1. The first kappa shape index (κ1) is 17.8. The number of halogens is 1. The Labute approximate surface area is 151 Å². The first-order valence-corrected chi connectivity index (χ1v) is 8.22. The lowest BCUT2D eigenvalue weighted by molar-refractivity contribution is 0.100. The van der Waals surface area contributed by atoms with Crippen LogP contribution in [0.3, 0.4) is 0 Å². The summed E-state index contributed by atoms with van der Waals surface area (Å²) in [6.45, 7) is 2.29. The van der Waals surface area contributed by atoms with E-state index in [0.717, 1.165) is 22.2 Å². The first-order chi connectivity index (χ1) is 12.5. The number of methoxy groups -OCH3 is 1. The second-order valence-corrected chi connectivity index (χ2v) is 6.08. The van der Waals surface area contributed by atoms with Gasteiger partial charge in [-0.15, -0.1) is 0 Å². The third-order valence-electron chi connectivity index (χ3n) is 4.25. The number of pyridine rings is 1. The lowest BCUT2D eigenvalue weighted by Gasteiger charge is -2.20. The molecule has 0 bridgehead atoms. The van der Waals surface area contributed by atoms with Crippen LogP contribution < -0.4 is 11.1 Å². The van der Waals surface area contributed by atoms with Crippen molar-refractivity contribution in [2.75, 3.05) is 12.4 Å². The number of hydrogen-bond acceptors (Lipinski definition) is 4. The molecule has 3 rings (SSSR count). The maximum atomic E-state index is 13.6. The van der Waals surface area contributed by atoms with Crippen LogP contribution in [0.4, 0.5) is 10.1 Å². The molecule has 1 aromatic heterocycles. The molecule has 0 radical (unpaired) electrons. The molecule has 0 saturated carbocycles. The van der Waals surface area contributed by atoms with Gasteiger partial charge in [0.2, 0.25) is 0 Å². The molecular formula is C20H20FN3O2. The molecule has 0 spiro atoms. The number of nitrogens with zero attached hydrogens (tertiary/aromatic N) is 1. The zero-order valence-corrected chi connectivity index (χ0v) is 14.6. The molecular weight excluding hydrogens is 333 g/mol. The van der Waals surface area contributed by atoms with E-state index in [0.29, 0.717) is 17.7 Å². The quantitative estimate of drug-likeness (QED) is 0.707. The Morgan fingerprint density at radius 1 is 1.31 bits per heavy atom. The number of primary amides is 1. The number of hydrogen-bond donors (Lipinski definition) is 2. The highest BCUT2D eigenvalue weighted by Crippen LogP contribution is 2.31. The topological polar surface area (TPSA) is 77.2 Å². The number of benzene rings is 2. The summed E-state index contributed by atoms with van der Waals surface area (Å²) < 4.78 is 18.8. The maximum absolute atomic E-state index is 13.6. The molecule has 1 heterocycles. The van der Waals surface area contributed by atoms with Gasteiger partial charge in [-0.05, 0) is 30.7 Å². The number of aromatic nitrogens is 1. The Morgan fingerprint density at radius 3 is 2.77 bits per heavy atom. The molecule has 5 nitrogen and oxygen atoms in total. The van der Waals surface area contributed by atoms with Gasteiger partial charge in [0.15, 0.2) is 0 Å². The smallest absolute Gasteiger partial charge is 0.250 e. The van der Waals surface area contributed by atoms with Crippen LogP contribution in [-0.2, 0) is 11.3 Å². The average molecular weight is 353 g/mol. The van der Waals surface area contributed by atoms with E-state index in [9.17, 15) is 9.18 Å². The maximum Gasteiger partial charge on any atom is 0.250 e. The molecule has 1 atom stereocenters. The van der Waals surface area contributed by atoms with Crippen LogP contribution in [0.2, 0.25) is 0 Å². The lowest BCUT2D eigenvalue weighted by atomic mass is 10.0. The highest BCUT2D eigenvalue weighted by Gasteiger charge is 2.16. The zero-order valence-electron chi connectivity index (χ0n) is 14.6. The van der Waals surface area contributed by atoms with Crippen molar-refractivity contribution in [2.24, 2.45) is 5.73 Å². The van der Waals surface area contributed by atoms with Crippen molar-refractivity contribution in [1.82, 2.24) is 4.98 Å². The minimum absolute atomic E-state index is 0.163. The summed E-state index contributed by atoms with van der Waals surface area (Å²) in [5.41, 5.74) is 8.78. The SMILES string of the molecule is COCc1cnc2c(C(N)=O)cccc2c1N[C@H](C)c1cccc(F)c1. The van der Waals surface area contributed by atoms with Crippen LogP contribution in [-0.4, -0.2) is 18.0 Å². The molecule has 0 fully saturated rings. The van der Waals surface area contributed by atoms with E-state index in [1.807, 2.05) is 19.1 Å². The largest absolute Gasteiger partial charge is 0.380 e. The molecule has 0 aliphatic heterocycles. The van der Waals surface area contributed by atoms with Gasteiger partial charge in [0, 0.05) is 30.3 Å². The third-order valence-corrected chi connectivity index (χ3v) is 4.25. The second-order valence-electron chi connectivity index (χ2n) is 6.08. The Kier molecular flexibility index (Phi) is 5.14. The van der Waals surface area contributed by atoms with Crippen molar-refractivity contribution in [3.63, 3.8) is 0 Å². The predicted octanol–water partition coefficient (Wildman–Crippen LogP) is 3.79. The van der Waals surface area contributed by atoms with E-state index in [2.05, 4.69) is 10.3 Å². The molecule has 2 aromatic carbocycles. The van der Waals surface area contributed by atoms with Gasteiger partial charge in [-0.3, -0.25) is 9.78 Å². The van der Waals surface area contributed by atoms with Gasteiger partial charge < -0.3 is 15.8 Å². The second kappa shape index (κ2) is 7.49. The van der Waals surface area contributed by atoms with E-state index >= 15 is 0 Å². The summed E-state index contributed by atoms with van der Waals surface area (Å²) >= 11 is 0. The minimum Gasteiger partial charge on any atom is -0.380 e. The summed E-state index contributed by atoms with van der Waals surface area (Å²) in [5, 5.41) is 4.17. The van der Waals surface area contributed by atoms with Crippen molar-refractivity contribution >= 4 is 22.5 Å². The van der Waals surface area contributed by atoms with Crippen LogP contribution in [0.1, 0.15) is 34.5 Å². The number of rotatable bonds is 6. The Morgan fingerprint density at radius 2 is 2.08 bits per heavy atom. The van der Waals surface area contributed by atoms with Gasteiger partial charge in [-0.1, -0.05) is 24.3 Å². The minimum atomic E-state index is -0.535. The van der Waals surface area contributed by atoms with E-state index in [4.69, 9.17) is 10.5 Å². The van der Waals surface area contributed by atoms with Crippen LogP contribution in [0, 0.1) is 5.82 Å². The van der Waals surface area contributed by atoms with Gasteiger partial charge in [0.1, 0.15) is 5.82 Å². The highest BCUT2D eigenvalue weighted by atomic mass is 19.1. The van der Waals surface area contributed by atoms with Crippen LogP contribution in [0.25, 0.3) is 10.9 Å². The van der Waals surface area contributed by atoms with Gasteiger partial charge in [-0.25, -0.2) is 4.39 Å². The zero-order chi connectivity index (χ0) is 18.7. The number of amides is 1. The van der Waals surface area contributed by atoms with Gasteiger partial charge >= 0.3 is 0 Å². The van der Waals surface area contributed by atoms with Crippen molar-refractivity contribution in [1.29, 1.82) is 0 Å². The van der Waals surface area contributed by atoms with Crippen molar-refractivity contribution in [2.45, 2.75) is 19.6 Å². The van der Waals surface area contributed by atoms with Crippen molar-refractivity contribution < 1.29 is 13.9 Å². The van der Waals surface area contributed by atoms with Gasteiger partial charge in [-0.2, -0.15) is 0 Å². The molecule has 0 aliphatic carbocycles. The summed E-state index contributed by atoms with van der Waals surface area (Å²) in [6, 6.07) is 11.5. The number of nitrogens with one attached hydrogen (secondary N) is 1. The third kappa shape index (κ3) is 3.50. The Bertz CT molecular complexity index is 959. The number of nitrogens with two attached hydrogens (primary N) is 1. The van der Waals surface area contributed by atoms with Gasteiger partial charge in [0.05, 0.1) is 23.4 Å². The Balaban J connectivity index is 2.11. The Hall–Kier alpha value is -2.99. The molecule has 0 unspecified atom stereocenters. The summed E-state index contributed by atoms with van der Waals surface area (Å²) in [6.07, 6.45) is 1.67. The highest BCUT2D eigenvalue weighted by molar-refractivity contribution is 6.08. The molecule has 3 aromatic rings. The van der Waals surface area contributed by atoms with Crippen LogP contribution in [0.5, 0.6) is 0 Å². The number of anilines is 1. The molecule has 0 saturated heterocycles. The van der Waals surface area contributed by atoms with Crippen molar-refractivity contribution in [3.8, 4) is 0 Å². The van der Waals surface area contributed by atoms with E-state index in [1.165, 1.54) is 12.1 Å². The summed E-state index contributed by atoms with van der Waals surface area (Å²) in [4.78, 5) is 16.1. The van der Waals surface area contributed by atoms with Crippen molar-refractivity contribution in [3.05, 3.63) is 71.2 Å². The predicted molar refractivity (Wildman–Crippen MR) is 99.4 cm³/mol. The standard InChI is InChI=1S/C20H20FN3O2/c1-12(13-5-3-6-15(21)9-13)24-18-14(11-26-2)10-23-19-16(18)7-4-8-17(19)20(22)25/h3-10,12H,11H2,1-2H3,(H2,22,25)(H,23,24)/t12-/m1/s1. The van der Waals surface area contributed by atoms with E-state index < -0.39 is 5.91 Å². The molecule has 0 aliphatic rings. The van der Waals surface area contributed by atoms with Gasteiger partial charge in [0.25, 0.3) is 5.91 Å². The number of fused-ring (bicyclic) bond motifs is 1. The first-order valence-electron chi connectivity index (χ1n) is 8.22. The fraction of sp³-hybridized carbons (Fsp3) is 0.200. The lowest BCUT2D eigenvalue weighted by Crippen LogP contribution is -2.14. The molecule has 1 amide bonds. The monoisotopic (exact) mass is 353 g/mol. The average Bonchev–Trinajstić information content (AvgIpc) is 2.63. The van der Waals surface area contributed by atoms with Crippen LogP contribution in [0.15, 0.2) is 48.7 Å². The number of carbonyl (C=O) groups excluding carboxylic acids is 1. The normalized spacial score (nSPS) is 12.1. The fourth-order valence-electron chi connectivity index (χ4n) is 2.97. The van der Waals surface area contributed by atoms with E-state index in [-0.39, 0.29) is 11.9 Å². The molecule has 134 valence electrons.